The third kappa shape index (κ3) is 2.56. The predicted octanol–water partition coefficient (Wildman–Crippen LogP) is 2.24. The number of rotatable bonds is 4. The molecule has 1 heteroatoms. The Hall–Kier alpha value is -0.590. The summed E-state index contributed by atoms with van der Waals surface area (Å²) < 4.78 is 0. The van der Waals surface area contributed by atoms with E-state index >= 15 is 0 Å². The molecule has 0 rings (SSSR count). The summed E-state index contributed by atoms with van der Waals surface area (Å²) in [5, 5.41) is 6.77. The van der Waals surface area contributed by atoms with Crippen molar-refractivity contribution < 1.29 is 0 Å². The van der Waals surface area contributed by atoms with E-state index in [0.29, 0.717) is 5.92 Å². The van der Waals surface area contributed by atoms with Gasteiger partial charge in [0.25, 0.3) is 0 Å². The molecule has 46 valence electrons. The van der Waals surface area contributed by atoms with Gasteiger partial charge in [0.1, 0.15) is 0 Å². The lowest BCUT2D eigenvalue weighted by Crippen LogP contribution is -1.92. The SMILES string of the molecule is C=CC(CC)CC=N. The van der Waals surface area contributed by atoms with E-state index in [-0.39, 0.29) is 0 Å². The fourth-order valence-electron chi connectivity index (χ4n) is 0.581. The molecule has 0 spiro atoms. The van der Waals surface area contributed by atoms with Crippen LogP contribution < -0.4 is 0 Å². The van der Waals surface area contributed by atoms with Crippen LogP contribution in [0.5, 0.6) is 0 Å². The Bertz CT molecular complexity index is 76.5. The molecule has 1 atom stereocenters. The molecule has 0 aliphatic carbocycles. The highest BCUT2D eigenvalue weighted by molar-refractivity contribution is 5.53. The van der Waals surface area contributed by atoms with E-state index in [0.717, 1.165) is 12.8 Å². The number of allylic oxidation sites excluding steroid dienone is 1. The lowest BCUT2D eigenvalue weighted by atomic mass is 10.0. The average molecular weight is 111 g/mol. The van der Waals surface area contributed by atoms with Crippen molar-refractivity contribution in [2.75, 3.05) is 0 Å². The summed E-state index contributed by atoms with van der Waals surface area (Å²) >= 11 is 0. The zero-order valence-electron chi connectivity index (χ0n) is 5.35. The van der Waals surface area contributed by atoms with Crippen molar-refractivity contribution in [2.24, 2.45) is 5.92 Å². The summed E-state index contributed by atoms with van der Waals surface area (Å²) in [7, 11) is 0. The van der Waals surface area contributed by atoms with E-state index in [4.69, 9.17) is 5.41 Å². The highest BCUT2D eigenvalue weighted by Crippen LogP contribution is 2.05. The topological polar surface area (TPSA) is 23.9 Å². The quantitative estimate of drug-likeness (QED) is 0.425. The summed E-state index contributed by atoms with van der Waals surface area (Å²) in [5.74, 6) is 0.521. The normalized spacial score (nSPS) is 12.6. The Labute approximate surface area is 50.9 Å². The highest BCUT2D eigenvalue weighted by Gasteiger charge is 1.94. The molecule has 1 N–H and O–H groups in total. The van der Waals surface area contributed by atoms with Crippen molar-refractivity contribution >= 4 is 6.21 Å². The lowest BCUT2D eigenvalue weighted by molar-refractivity contribution is 0.661. The van der Waals surface area contributed by atoms with Crippen LogP contribution in [0, 0.1) is 11.3 Å². The highest BCUT2D eigenvalue weighted by atomic mass is 14.3. The van der Waals surface area contributed by atoms with Gasteiger partial charge in [0, 0.05) is 0 Å². The van der Waals surface area contributed by atoms with Gasteiger partial charge >= 0.3 is 0 Å². The van der Waals surface area contributed by atoms with Crippen LogP contribution in [0.25, 0.3) is 0 Å². The summed E-state index contributed by atoms with van der Waals surface area (Å²) in [6.07, 6.45) is 5.29. The van der Waals surface area contributed by atoms with Gasteiger partial charge in [-0.05, 0) is 25.0 Å². The van der Waals surface area contributed by atoms with Crippen molar-refractivity contribution in [1.82, 2.24) is 0 Å². The van der Waals surface area contributed by atoms with Gasteiger partial charge in [-0.3, -0.25) is 0 Å². The maximum absolute atomic E-state index is 6.77. The smallest absolute Gasteiger partial charge is 0.00419 e. The molecule has 1 unspecified atom stereocenters. The second-order valence-corrected chi connectivity index (χ2v) is 1.84. The molecule has 0 fully saturated rings. The van der Waals surface area contributed by atoms with Gasteiger partial charge in [-0.1, -0.05) is 13.0 Å². The van der Waals surface area contributed by atoms with Crippen LogP contribution in [-0.2, 0) is 0 Å². The second kappa shape index (κ2) is 4.57. The molecule has 0 saturated carbocycles. The third-order valence-electron chi connectivity index (χ3n) is 1.28. The Morgan fingerprint density at radius 2 is 2.38 bits per heavy atom. The fourth-order valence-corrected chi connectivity index (χ4v) is 0.581. The molecule has 8 heavy (non-hydrogen) atoms. The molecule has 0 bridgehead atoms. The standard InChI is InChI=1S/C7H13N/c1-3-7(4-2)5-6-8/h3,6-8H,1,4-5H2,2H3. The minimum Gasteiger partial charge on any atom is -0.313 e. The maximum atomic E-state index is 6.77. The van der Waals surface area contributed by atoms with Crippen molar-refractivity contribution in [3.63, 3.8) is 0 Å². The average Bonchev–Trinajstić information content (AvgIpc) is 1.83. The van der Waals surface area contributed by atoms with Crippen LogP contribution >= 0.6 is 0 Å². The molecule has 1 nitrogen and oxygen atoms in total. The molecule has 0 aromatic rings. The Kier molecular flexibility index (Phi) is 4.23. The van der Waals surface area contributed by atoms with Crippen molar-refractivity contribution in [2.45, 2.75) is 19.8 Å². The van der Waals surface area contributed by atoms with Crippen LogP contribution in [0.4, 0.5) is 0 Å². The van der Waals surface area contributed by atoms with Crippen molar-refractivity contribution in [1.29, 1.82) is 5.41 Å². The monoisotopic (exact) mass is 111 g/mol. The molecule has 0 saturated heterocycles. The fraction of sp³-hybridized carbons (Fsp3) is 0.571. The number of hydrogen-bond donors (Lipinski definition) is 1. The van der Waals surface area contributed by atoms with Crippen LogP contribution in [0.3, 0.4) is 0 Å². The first-order chi connectivity index (χ1) is 3.85. The molecule has 0 aromatic heterocycles. The van der Waals surface area contributed by atoms with E-state index in [1.54, 1.807) is 0 Å². The largest absolute Gasteiger partial charge is 0.313 e. The molecular formula is C7H13N. The Morgan fingerprint density at radius 3 is 2.50 bits per heavy atom. The molecule has 0 radical (unpaired) electrons. The first-order valence-electron chi connectivity index (χ1n) is 2.96. The lowest BCUT2D eigenvalue weighted by Gasteiger charge is -2.01. The Morgan fingerprint density at radius 1 is 1.75 bits per heavy atom. The summed E-state index contributed by atoms with van der Waals surface area (Å²) in [6.45, 7) is 5.75. The van der Waals surface area contributed by atoms with E-state index in [9.17, 15) is 0 Å². The van der Waals surface area contributed by atoms with Gasteiger partial charge < -0.3 is 5.41 Å². The molecule has 0 aliphatic heterocycles. The van der Waals surface area contributed by atoms with Crippen molar-refractivity contribution in [3.8, 4) is 0 Å². The van der Waals surface area contributed by atoms with E-state index in [1.165, 1.54) is 6.21 Å². The summed E-state index contributed by atoms with van der Waals surface area (Å²) in [5.41, 5.74) is 0. The van der Waals surface area contributed by atoms with E-state index in [2.05, 4.69) is 13.5 Å². The van der Waals surface area contributed by atoms with Gasteiger partial charge in [0.2, 0.25) is 0 Å². The molecule has 0 heterocycles. The van der Waals surface area contributed by atoms with Crippen LogP contribution in [0.1, 0.15) is 19.8 Å². The first kappa shape index (κ1) is 7.41. The second-order valence-electron chi connectivity index (χ2n) is 1.84. The minimum atomic E-state index is 0.521. The maximum Gasteiger partial charge on any atom is -0.00419 e. The third-order valence-corrected chi connectivity index (χ3v) is 1.28. The first-order valence-corrected chi connectivity index (χ1v) is 2.96. The van der Waals surface area contributed by atoms with Gasteiger partial charge in [-0.15, -0.1) is 6.58 Å². The zero-order valence-corrected chi connectivity index (χ0v) is 5.35. The predicted molar refractivity (Wildman–Crippen MR) is 37.4 cm³/mol. The summed E-state index contributed by atoms with van der Waals surface area (Å²) in [4.78, 5) is 0. The summed E-state index contributed by atoms with van der Waals surface area (Å²) in [6, 6.07) is 0. The minimum absolute atomic E-state index is 0.521. The number of nitrogens with one attached hydrogen (secondary N) is 1. The van der Waals surface area contributed by atoms with Crippen LogP contribution in [0.2, 0.25) is 0 Å². The molecule has 0 amide bonds. The van der Waals surface area contributed by atoms with Gasteiger partial charge in [0.05, 0.1) is 0 Å². The van der Waals surface area contributed by atoms with Gasteiger partial charge in [-0.2, -0.15) is 0 Å². The van der Waals surface area contributed by atoms with Gasteiger partial charge in [-0.25, -0.2) is 0 Å². The molecule has 0 aromatic carbocycles. The van der Waals surface area contributed by atoms with E-state index < -0.39 is 0 Å². The molecular weight excluding hydrogens is 98.1 g/mol. The Balaban J connectivity index is 3.35. The molecule has 0 aliphatic rings. The van der Waals surface area contributed by atoms with Crippen LogP contribution in [0.15, 0.2) is 12.7 Å². The van der Waals surface area contributed by atoms with Crippen LogP contribution in [-0.4, -0.2) is 6.21 Å². The van der Waals surface area contributed by atoms with Gasteiger partial charge in [0.15, 0.2) is 0 Å². The van der Waals surface area contributed by atoms with Crippen molar-refractivity contribution in [3.05, 3.63) is 12.7 Å². The number of hydrogen-bond acceptors (Lipinski definition) is 1. The van der Waals surface area contributed by atoms with E-state index in [1.807, 2.05) is 6.08 Å². The zero-order chi connectivity index (χ0) is 6.41.